The van der Waals surface area contributed by atoms with E-state index in [-0.39, 0.29) is 6.54 Å². The Hall–Kier alpha value is -3.59. The summed E-state index contributed by atoms with van der Waals surface area (Å²) in [5.41, 5.74) is 2.01. The zero-order valence-corrected chi connectivity index (χ0v) is 18.6. The Kier molecular flexibility index (Phi) is 6.86. The van der Waals surface area contributed by atoms with Gasteiger partial charge in [0.15, 0.2) is 0 Å². The molecule has 4 rings (SSSR count). The molecule has 0 amide bonds. The maximum atomic E-state index is 5.34. The normalized spacial score (nSPS) is 15.1. The first-order valence-corrected chi connectivity index (χ1v) is 10.6. The average molecular weight is 433 g/mol. The van der Waals surface area contributed by atoms with Crippen molar-refractivity contribution in [1.29, 1.82) is 0 Å². The molecule has 3 heterocycles. The van der Waals surface area contributed by atoms with Crippen molar-refractivity contribution in [2.45, 2.75) is 20.0 Å². The lowest BCUT2D eigenvalue weighted by molar-refractivity contribution is 0.312. The number of hydrogen-bond donors (Lipinski definition) is 0. The van der Waals surface area contributed by atoms with Crippen LogP contribution in [0.4, 0.5) is 5.82 Å². The number of aromatic nitrogens is 3. The fraction of sp³-hybridized carbons (Fsp3) is 0.348. The lowest BCUT2D eigenvalue weighted by Gasteiger charge is -2.33. The quantitative estimate of drug-likeness (QED) is 0.322. The van der Waals surface area contributed by atoms with Crippen LogP contribution in [-0.2, 0) is 13.1 Å². The van der Waals surface area contributed by atoms with Gasteiger partial charge in [0, 0.05) is 44.7 Å². The first-order valence-electron chi connectivity index (χ1n) is 10.6. The lowest BCUT2D eigenvalue weighted by Crippen LogP contribution is -2.44. The summed E-state index contributed by atoms with van der Waals surface area (Å²) in [7, 11) is 2.15. The third-order valence-corrected chi connectivity index (χ3v) is 5.46. The molecule has 1 aromatic carbocycles. The molecule has 1 aliphatic rings. The molecule has 1 aliphatic heterocycles. The van der Waals surface area contributed by atoms with Crippen molar-refractivity contribution in [3.63, 3.8) is 0 Å². The summed E-state index contributed by atoms with van der Waals surface area (Å²) in [6.07, 6.45) is 1.85. The molecule has 9 nitrogen and oxygen atoms in total. The van der Waals surface area contributed by atoms with E-state index < -0.39 is 0 Å². The number of hydrogen-bond acceptors (Lipinski definition) is 8. The minimum Gasteiger partial charge on any atom is -0.354 e. The van der Waals surface area contributed by atoms with Gasteiger partial charge in [0.05, 0.1) is 6.54 Å². The molecule has 0 aliphatic carbocycles. The molecular weight excluding hydrogens is 404 g/mol. The van der Waals surface area contributed by atoms with E-state index in [1.54, 1.807) is 5.01 Å². The van der Waals surface area contributed by atoms with E-state index in [2.05, 4.69) is 54.8 Å². The van der Waals surface area contributed by atoms with Gasteiger partial charge in [-0.2, -0.15) is 10.1 Å². The van der Waals surface area contributed by atoms with E-state index >= 15 is 0 Å². The molecule has 0 saturated carbocycles. The lowest BCUT2D eigenvalue weighted by atomic mass is 10.2. The standard InChI is InChI=1S/C23H28N8O/c1-18(26-16-22-27-23(28-32-22)20-7-5-4-6-8-20)31(24-2)17-19-9-10-25-21(15-19)30-13-11-29(3)12-14-30/h4-10,15H,2,11-14,16-17H2,1,3H3. The van der Waals surface area contributed by atoms with Crippen molar-refractivity contribution < 1.29 is 4.52 Å². The molecular formula is C23H28N8O. The van der Waals surface area contributed by atoms with Crippen molar-refractivity contribution in [1.82, 2.24) is 25.0 Å². The number of nitrogens with zero attached hydrogens (tertiary/aromatic N) is 8. The molecule has 0 unspecified atom stereocenters. The zero-order valence-electron chi connectivity index (χ0n) is 18.6. The van der Waals surface area contributed by atoms with Gasteiger partial charge < -0.3 is 14.3 Å². The highest BCUT2D eigenvalue weighted by molar-refractivity contribution is 5.79. The second-order valence-corrected chi connectivity index (χ2v) is 7.75. The topological polar surface area (TPSA) is 86.3 Å². The van der Waals surface area contributed by atoms with Crippen LogP contribution in [-0.4, -0.2) is 70.8 Å². The highest BCUT2D eigenvalue weighted by Crippen LogP contribution is 2.17. The second-order valence-electron chi connectivity index (χ2n) is 7.75. The van der Waals surface area contributed by atoms with E-state index in [9.17, 15) is 0 Å². The minimum absolute atomic E-state index is 0.278. The van der Waals surface area contributed by atoms with E-state index in [0.29, 0.717) is 18.3 Å². The Morgan fingerprint density at radius 1 is 1.16 bits per heavy atom. The zero-order chi connectivity index (χ0) is 22.3. The van der Waals surface area contributed by atoms with Gasteiger partial charge in [-0.1, -0.05) is 35.5 Å². The van der Waals surface area contributed by atoms with E-state index in [1.165, 1.54) is 0 Å². The van der Waals surface area contributed by atoms with E-state index in [4.69, 9.17) is 4.52 Å². The number of likely N-dealkylation sites (N-methyl/N-ethyl adjacent to an activating group) is 1. The number of hydrazone groups is 1. The predicted molar refractivity (Wildman–Crippen MR) is 126 cm³/mol. The van der Waals surface area contributed by atoms with Crippen molar-refractivity contribution in [3.05, 3.63) is 60.1 Å². The van der Waals surface area contributed by atoms with E-state index in [0.717, 1.165) is 49.0 Å². The highest BCUT2D eigenvalue weighted by Gasteiger charge is 2.16. The van der Waals surface area contributed by atoms with Crippen molar-refractivity contribution in [2.24, 2.45) is 10.1 Å². The molecule has 9 heteroatoms. The molecule has 1 fully saturated rings. The van der Waals surface area contributed by atoms with Gasteiger partial charge in [0.25, 0.3) is 0 Å². The second kappa shape index (κ2) is 10.1. The van der Waals surface area contributed by atoms with Gasteiger partial charge in [0.2, 0.25) is 11.7 Å². The number of benzene rings is 1. The minimum atomic E-state index is 0.278. The summed E-state index contributed by atoms with van der Waals surface area (Å²) in [5.74, 6) is 2.72. The van der Waals surface area contributed by atoms with Crippen molar-refractivity contribution in [3.8, 4) is 11.4 Å². The van der Waals surface area contributed by atoms with Crippen molar-refractivity contribution >= 4 is 18.4 Å². The molecule has 0 bridgehead atoms. The molecule has 0 radical (unpaired) electrons. The van der Waals surface area contributed by atoms with Gasteiger partial charge in [-0.3, -0.25) is 4.99 Å². The summed E-state index contributed by atoms with van der Waals surface area (Å²) in [5, 5.41) is 9.94. The van der Waals surface area contributed by atoms with Crippen LogP contribution in [0.1, 0.15) is 18.4 Å². The molecule has 166 valence electrons. The molecule has 2 aromatic heterocycles. The van der Waals surface area contributed by atoms with Crippen LogP contribution in [0.15, 0.2) is 63.3 Å². The third-order valence-electron chi connectivity index (χ3n) is 5.46. The van der Waals surface area contributed by atoms with Crippen LogP contribution < -0.4 is 4.90 Å². The predicted octanol–water partition coefficient (Wildman–Crippen LogP) is 2.92. The number of rotatable bonds is 7. The van der Waals surface area contributed by atoms with Crippen LogP contribution in [0, 0.1) is 0 Å². The first-order chi connectivity index (χ1) is 15.6. The Morgan fingerprint density at radius 2 is 1.94 bits per heavy atom. The summed E-state index contributed by atoms with van der Waals surface area (Å²) >= 11 is 0. The molecule has 32 heavy (non-hydrogen) atoms. The Balaban J connectivity index is 1.39. The maximum absolute atomic E-state index is 5.34. The molecule has 0 spiro atoms. The van der Waals surface area contributed by atoms with Gasteiger partial charge in [-0.25, -0.2) is 9.99 Å². The van der Waals surface area contributed by atoms with Crippen LogP contribution in [0.25, 0.3) is 11.4 Å². The van der Waals surface area contributed by atoms with Crippen LogP contribution in [0.5, 0.6) is 0 Å². The van der Waals surface area contributed by atoms with Crippen LogP contribution in [0.2, 0.25) is 0 Å². The molecule has 1 saturated heterocycles. The average Bonchev–Trinajstić information content (AvgIpc) is 3.31. The monoisotopic (exact) mass is 432 g/mol. The van der Waals surface area contributed by atoms with Gasteiger partial charge >= 0.3 is 0 Å². The largest absolute Gasteiger partial charge is 0.354 e. The number of pyridine rings is 1. The van der Waals surface area contributed by atoms with Gasteiger partial charge in [0.1, 0.15) is 18.2 Å². The fourth-order valence-electron chi connectivity index (χ4n) is 3.49. The number of aliphatic imine (C=N–C) groups is 1. The van der Waals surface area contributed by atoms with E-state index in [1.807, 2.05) is 49.5 Å². The Labute approximate surface area is 188 Å². The van der Waals surface area contributed by atoms with Crippen molar-refractivity contribution in [2.75, 3.05) is 38.1 Å². The fourth-order valence-corrected chi connectivity index (χ4v) is 3.49. The summed E-state index contributed by atoms with van der Waals surface area (Å²) in [6, 6.07) is 13.8. The summed E-state index contributed by atoms with van der Waals surface area (Å²) in [4.78, 5) is 18.2. The Bertz CT molecular complexity index is 1060. The first kappa shape index (κ1) is 21.6. The smallest absolute Gasteiger partial charge is 0.248 e. The van der Waals surface area contributed by atoms with Gasteiger partial charge in [-0.15, -0.1) is 0 Å². The summed E-state index contributed by atoms with van der Waals surface area (Å²) in [6.45, 7) is 10.5. The molecule has 3 aromatic rings. The third kappa shape index (κ3) is 5.36. The highest BCUT2D eigenvalue weighted by atomic mass is 16.5. The maximum Gasteiger partial charge on any atom is 0.248 e. The van der Waals surface area contributed by atoms with Gasteiger partial charge in [-0.05, 0) is 31.7 Å². The SMILES string of the molecule is C=NN(Cc1ccnc(N2CCN(C)CC2)c1)C(C)=NCc1nc(-c2ccccc2)no1. The van der Waals surface area contributed by atoms with Crippen LogP contribution in [0.3, 0.4) is 0 Å². The number of piperazine rings is 1. The van der Waals surface area contributed by atoms with Crippen LogP contribution >= 0.6 is 0 Å². The number of amidine groups is 1. The molecule has 0 atom stereocenters. The number of anilines is 1. The Morgan fingerprint density at radius 3 is 2.69 bits per heavy atom. The summed E-state index contributed by atoms with van der Waals surface area (Å²) < 4.78 is 5.34. The molecule has 0 N–H and O–H groups in total.